The first-order chi connectivity index (χ1) is 60.8. The molecule has 7 amide bonds. The Bertz CT molecular complexity index is 3780. The zero-order valence-electron chi connectivity index (χ0n) is 80.5. The van der Waals surface area contributed by atoms with Crippen molar-refractivity contribution in [2.45, 2.75) is 242 Å². The number of nitrogens with one attached hydrogen (secondary N) is 5. The Morgan fingerprint density at radius 2 is 0.970 bits per heavy atom. The maximum atomic E-state index is 12.4. The number of carboxylic acids is 1. The number of nitrogens with two attached hydrogens (primary N) is 1. The Morgan fingerprint density at radius 3 is 1.34 bits per heavy atom. The van der Waals surface area contributed by atoms with E-state index < -0.39 is 152 Å². The SMILES string of the molecule is CC(C)(C)OC(=O)N1CCSCC1C(=O)O.CC(C)(C)[Si](C)(C)OC[C@@H]1CN2CCS(=O)(=O)CC2CN1.CCC(C)I.CCCC.COC(=O)[C@@H](CO)NC(=O)C1CSCCN1C(=O)OC(C)(C)C.COC(=O)[C@H](N)CO.Cl.O=C1N[C@H](CO)C(=O)N2CCS(=O)(=O)CC12.O=C1N[C@H](CO)C(=O)N2CCSCC12.O=S1(=O)CCN2C[C@@H](CO)NCC2C1.[CH2-]CC.[CH2-]CC.[I][V]([I])[I].[V]. The van der Waals surface area contributed by atoms with Crippen molar-refractivity contribution in [1.82, 2.24) is 56.0 Å². The quantitative estimate of drug-likeness (QED) is 0.0274. The Labute approximate surface area is 874 Å². The van der Waals surface area contributed by atoms with Gasteiger partial charge in [-0.25, -0.2) is 44.4 Å². The molecule has 0 aromatic rings. The average Bonchev–Trinajstić information content (AvgIpc) is 0.784. The molecule has 13 atom stereocenters. The molecule has 133 heavy (non-hydrogen) atoms. The minimum atomic E-state index is -3.25. The minimum Gasteiger partial charge on any atom is 0 e. The molecule has 0 aromatic heterocycles. The third kappa shape index (κ3) is 56.4. The average molecular weight is 2580 g/mol. The van der Waals surface area contributed by atoms with Crippen molar-refractivity contribution < 1.29 is 151 Å². The molecule has 53 heteroatoms. The molecule has 0 aromatic carbocycles. The third-order valence-electron chi connectivity index (χ3n) is 20.3. The standard InChI is InChI=1S/C14H24N2O6S.C14H30N2O3SSi.C10H17NO4S.C8H12N2O5S.C8H16N2O3S.C8H12N2O3S.C4H9I.C4H9NO3.C4H10.2C3H7.ClH.3HI.2V/c1-14(2,3)22-13(20)16-5-6-23-8-10(16)11(18)15-9(7-17)12(19)21-4;1-14(2,3)21(4,5)19-10-12-9-16-6-7-20(17,18)11-13(16)8-15-12;1-10(2,3)15-9(14)11-4-5-16-6-7(11)8(12)13;11-3-5-8(13)10-1-2-16(14,15)4-6(10)7(12)9-5;11-5-7-4-10-1-2-14(12,13)6-8(10)3-9-7;11-3-5-8(13)10-1-2-14-4-6(10)7(12)9-5;1-3-4(2)5;1-8-4(7)3(5)2-6;1-3-4-2;2*1-3-2;;;;;;/h9-10,17H,5-8H2,1-4H3,(H,15,18);12-13,15H,6-11H2,1-5H3;7H,4-6H2,1-3H3,(H,12,13);5-6,11H,1-4H2,(H,9,12);7-9,11H,1-6H2;5-6,11H,1-4H2,(H,9,12);4H,3H2,1-2H3;3,6H,2,5H2,1H3;3-4H2,1-2H3;2*1,3H2,2H3;4*1H;;/q;;;;;;;;;2*-1;;;;;;+3/p-3/t9-,10?;12-,13?;;5-,6?;7-,8?;5-,6?;;3-;;;;;;;;;/m10.101.1........./s1. The maximum Gasteiger partial charge on any atom is 0 e. The number of sulfone groups is 3. The predicted molar refractivity (Wildman–Crippen MR) is 556 cm³/mol. The summed E-state index contributed by atoms with van der Waals surface area (Å²) < 4.78 is 95.1. The summed E-state index contributed by atoms with van der Waals surface area (Å²) in [5.41, 5.74) is 3.75. The van der Waals surface area contributed by atoms with Crippen LogP contribution in [0.1, 0.15) is 136 Å². The van der Waals surface area contributed by atoms with Gasteiger partial charge in [-0.2, -0.15) is 48.1 Å². The van der Waals surface area contributed by atoms with Gasteiger partial charge in [-0.05, 0) is 66.1 Å². The summed E-state index contributed by atoms with van der Waals surface area (Å²) in [5.74, 6) is 0.427. The van der Waals surface area contributed by atoms with Crippen molar-refractivity contribution in [1.29, 1.82) is 0 Å². The molecule has 0 aliphatic carbocycles. The van der Waals surface area contributed by atoms with E-state index in [9.17, 15) is 78.3 Å². The van der Waals surface area contributed by atoms with E-state index in [0.29, 0.717) is 79.8 Å². The number of carbonyl (C=O) groups is 10. The fourth-order valence-corrected chi connectivity index (χ4v) is 20.8. The van der Waals surface area contributed by atoms with Gasteiger partial charge in [-0.3, -0.25) is 48.4 Å². The number of alkyl halides is 1. The second-order valence-corrected chi connectivity index (χ2v) is 87.0. The van der Waals surface area contributed by atoms with Gasteiger partial charge in [0.05, 0.1) is 88.4 Å². The molecule has 1 radical (unpaired) electrons. The van der Waals surface area contributed by atoms with Gasteiger partial charge >= 0.3 is 95.0 Å². The molecule has 0 saturated carbocycles. The van der Waals surface area contributed by atoms with Crippen molar-refractivity contribution in [3.8, 4) is 0 Å². The Morgan fingerprint density at radius 1 is 0.594 bits per heavy atom. The number of aliphatic hydroxyl groups excluding tert-OH is 5. The number of ether oxygens (including phenoxy) is 4. The van der Waals surface area contributed by atoms with Gasteiger partial charge in [0.1, 0.15) is 53.5 Å². The number of rotatable bonds is 15. The Kier molecular flexibility index (Phi) is 74.0. The number of piperazine rings is 4. The fraction of sp³-hybridized carbons (Fsp3) is 0.850. The van der Waals surface area contributed by atoms with E-state index in [4.69, 9.17) is 45.2 Å². The van der Waals surface area contributed by atoms with Crippen LogP contribution in [0.2, 0.25) is 18.1 Å². The van der Waals surface area contributed by atoms with E-state index in [1.54, 1.807) is 70.0 Å². The molecule has 10 rings (SSSR count). The van der Waals surface area contributed by atoms with Gasteiger partial charge < -0.3 is 110 Å². The summed E-state index contributed by atoms with van der Waals surface area (Å²) in [7, 11) is -8.23. The molecule has 10 fully saturated rings. The third-order valence-corrected chi connectivity index (χ3v) is 33.8. The Balaban J connectivity index is -0.000000712. The van der Waals surface area contributed by atoms with Crippen LogP contribution in [0, 0.1) is 13.8 Å². The van der Waals surface area contributed by atoms with E-state index in [2.05, 4.69) is 204 Å². The number of hydrogen-bond acceptors (Lipinski definition) is 34. The summed E-state index contributed by atoms with van der Waals surface area (Å²) >= 11 is 14.5. The normalized spacial score (nSPS) is 24.4. The molecule has 10 aliphatic heterocycles. The molecule has 7 unspecified atom stereocenters. The summed E-state index contributed by atoms with van der Waals surface area (Å²) in [6.45, 7) is 46.5. The summed E-state index contributed by atoms with van der Waals surface area (Å²) in [6.07, 6.45) is 4.82. The van der Waals surface area contributed by atoms with Gasteiger partial charge in [0.15, 0.2) is 43.9 Å². The van der Waals surface area contributed by atoms with Crippen LogP contribution in [0.3, 0.4) is 0 Å². The topological polar surface area (TPSA) is 546 Å². The Hall–Kier alpha value is -0.644. The van der Waals surface area contributed by atoms with Crippen molar-refractivity contribution in [2.24, 2.45) is 5.73 Å². The maximum absolute atomic E-state index is 12.4. The summed E-state index contributed by atoms with van der Waals surface area (Å²) in [4.78, 5) is 125. The number of nitrogens with zero attached hydrogens (tertiary/aromatic N) is 6. The van der Waals surface area contributed by atoms with Gasteiger partial charge in [-0.1, -0.05) is 97.7 Å². The number of fused-ring (bicyclic) bond motifs is 4. The molecule has 13 N–H and O–H groups in total. The fourth-order valence-electron chi connectivity index (χ4n) is 12.0. The number of amides is 7. The van der Waals surface area contributed by atoms with Crippen LogP contribution in [-0.2, 0) is 115 Å². The van der Waals surface area contributed by atoms with Crippen LogP contribution < -0.4 is 32.3 Å². The minimum absolute atomic E-state index is 0. The van der Waals surface area contributed by atoms with Gasteiger partial charge in [-0.15, -0.1) is 12.4 Å². The number of carboxylic acid groups (broad SMARTS) is 1. The number of unbranched alkanes of at least 4 members (excludes halogenated alkanes) is 1. The molecule has 783 valence electrons. The number of methoxy groups -OCH3 is 2. The van der Waals surface area contributed by atoms with Crippen LogP contribution in [0.4, 0.5) is 9.59 Å². The zero-order valence-corrected chi connectivity index (χ0v) is 98.7. The van der Waals surface area contributed by atoms with Crippen LogP contribution in [-0.4, -0.2) is 429 Å². The van der Waals surface area contributed by atoms with Crippen molar-refractivity contribution in [2.75, 3.05) is 188 Å². The number of esters is 2. The van der Waals surface area contributed by atoms with E-state index in [0.717, 1.165) is 54.5 Å². The smallest absolute Gasteiger partial charge is 0 e. The first-order valence-corrected chi connectivity index (χ1v) is 70.0. The van der Waals surface area contributed by atoms with Crippen LogP contribution in [0.5, 0.6) is 0 Å². The number of hydrogen-bond donors (Lipinski definition) is 12. The number of thioether (sulfide) groups is 3. The predicted octanol–water partition coefficient (Wildman–Crippen LogP) is 4.10. The number of carbonyl (C=O) groups excluding carboxylic acids is 9. The van der Waals surface area contributed by atoms with Crippen LogP contribution in [0.25, 0.3) is 0 Å². The second-order valence-electron chi connectivity index (χ2n) is 34.6. The second kappa shape index (κ2) is 71.0. The molecular weight excluding hydrogens is 2430 g/mol. The van der Waals surface area contributed by atoms with Crippen molar-refractivity contribution in [3.05, 3.63) is 13.8 Å². The molecule has 39 nitrogen and oxygen atoms in total. The number of aliphatic hydroxyl groups is 5. The molecule has 10 saturated heterocycles. The first kappa shape index (κ1) is 139. The largest absolute Gasteiger partial charge is 0 e. The van der Waals surface area contributed by atoms with Gasteiger partial charge in [0, 0.05) is 147 Å². The van der Waals surface area contributed by atoms with Crippen LogP contribution in [0.15, 0.2) is 0 Å². The van der Waals surface area contributed by atoms with Crippen LogP contribution >= 0.6 is 130 Å². The van der Waals surface area contributed by atoms with Crippen molar-refractivity contribution in [3.63, 3.8) is 0 Å². The van der Waals surface area contributed by atoms with E-state index in [1.807, 2.05) is 13.8 Å². The van der Waals surface area contributed by atoms with Gasteiger partial charge in [0.2, 0.25) is 29.5 Å². The number of aliphatic carboxylic acids is 1. The summed E-state index contributed by atoms with van der Waals surface area (Å²) in [6, 6.07) is -5.84. The van der Waals surface area contributed by atoms with E-state index in [-0.39, 0.29) is 126 Å². The number of halogens is 5. The molecule has 0 spiro atoms. The molecular formula is C80H154ClI4N12O27S6SiV2-2. The monoisotopic (exact) mass is 2580 g/mol. The van der Waals surface area contributed by atoms with E-state index in [1.165, 1.54) is 59.9 Å². The molecule has 10 heterocycles. The van der Waals surface area contributed by atoms with Crippen molar-refractivity contribution >= 4 is 228 Å². The molecule has 0 bridgehead atoms. The summed E-state index contributed by atoms with van der Waals surface area (Å²) in [5, 5.41) is 67.2. The zero-order chi connectivity index (χ0) is 101. The first-order valence-electron chi connectivity index (χ1n) is 43.4. The molecule has 10 aliphatic rings. The van der Waals surface area contributed by atoms with Gasteiger partial charge in [0.25, 0.3) is 0 Å². The van der Waals surface area contributed by atoms with E-state index >= 15 is 0 Å².